The Kier molecular flexibility index (Phi) is 5.80. The maximum absolute atomic E-state index is 10.5. The van der Waals surface area contributed by atoms with Gasteiger partial charge in [-0.2, -0.15) is 11.8 Å². The SMILES string of the molecule is CC(=O)CSCC[C@H](C)C(=O)O. The standard InChI is InChI=1S/C8H14O3S/c1-6(8(10)11)3-4-12-5-7(2)9/h6H,3-5H2,1-2H3,(H,10,11)/t6-/m0/s1. The van der Waals surface area contributed by atoms with Crippen LogP contribution in [0.1, 0.15) is 20.3 Å². The van der Waals surface area contributed by atoms with Crippen molar-refractivity contribution in [3.05, 3.63) is 0 Å². The zero-order valence-corrected chi connectivity index (χ0v) is 8.19. The smallest absolute Gasteiger partial charge is 0.306 e. The van der Waals surface area contributed by atoms with Gasteiger partial charge in [0.1, 0.15) is 5.78 Å². The van der Waals surface area contributed by atoms with Crippen LogP contribution in [0.4, 0.5) is 0 Å². The topological polar surface area (TPSA) is 54.4 Å². The Balaban J connectivity index is 3.31. The van der Waals surface area contributed by atoms with Gasteiger partial charge in [-0.05, 0) is 19.1 Å². The minimum atomic E-state index is -0.765. The molecule has 0 aromatic rings. The zero-order valence-electron chi connectivity index (χ0n) is 7.37. The van der Waals surface area contributed by atoms with Gasteiger partial charge in [-0.25, -0.2) is 0 Å². The summed E-state index contributed by atoms with van der Waals surface area (Å²) in [6.45, 7) is 3.21. The molecule has 0 unspecified atom stereocenters. The number of Topliss-reactive ketones (excluding diaryl/α,β-unsaturated/α-hetero) is 1. The molecule has 0 aromatic carbocycles. The zero-order chi connectivity index (χ0) is 9.56. The van der Waals surface area contributed by atoms with Gasteiger partial charge in [0.2, 0.25) is 0 Å². The van der Waals surface area contributed by atoms with Crippen LogP contribution in [0.5, 0.6) is 0 Å². The second kappa shape index (κ2) is 6.06. The van der Waals surface area contributed by atoms with Crippen LogP contribution in [0.15, 0.2) is 0 Å². The Hall–Kier alpha value is -0.510. The lowest BCUT2D eigenvalue weighted by Crippen LogP contribution is -2.10. The van der Waals surface area contributed by atoms with E-state index in [0.717, 1.165) is 5.75 Å². The van der Waals surface area contributed by atoms with Gasteiger partial charge >= 0.3 is 5.97 Å². The summed E-state index contributed by atoms with van der Waals surface area (Å²) < 4.78 is 0. The maximum atomic E-state index is 10.5. The van der Waals surface area contributed by atoms with Crippen molar-refractivity contribution in [2.75, 3.05) is 11.5 Å². The van der Waals surface area contributed by atoms with Crippen molar-refractivity contribution in [3.8, 4) is 0 Å². The van der Waals surface area contributed by atoms with Crippen molar-refractivity contribution in [2.45, 2.75) is 20.3 Å². The average molecular weight is 190 g/mol. The quantitative estimate of drug-likeness (QED) is 0.643. The fraction of sp³-hybridized carbons (Fsp3) is 0.750. The fourth-order valence-electron chi connectivity index (χ4n) is 0.599. The molecule has 0 bridgehead atoms. The molecule has 12 heavy (non-hydrogen) atoms. The predicted molar refractivity (Wildman–Crippen MR) is 49.4 cm³/mol. The van der Waals surface area contributed by atoms with E-state index >= 15 is 0 Å². The van der Waals surface area contributed by atoms with Gasteiger partial charge in [0, 0.05) is 0 Å². The van der Waals surface area contributed by atoms with Gasteiger partial charge in [-0.15, -0.1) is 0 Å². The van der Waals surface area contributed by atoms with Gasteiger partial charge in [0.15, 0.2) is 0 Å². The highest BCUT2D eigenvalue weighted by Crippen LogP contribution is 2.09. The highest BCUT2D eigenvalue weighted by molar-refractivity contribution is 7.99. The highest BCUT2D eigenvalue weighted by atomic mass is 32.2. The lowest BCUT2D eigenvalue weighted by molar-refractivity contribution is -0.141. The number of aliphatic carboxylic acids is 1. The average Bonchev–Trinajstić information content (AvgIpc) is 1.97. The predicted octanol–water partition coefficient (Wildman–Crippen LogP) is 1.42. The lowest BCUT2D eigenvalue weighted by atomic mass is 10.1. The van der Waals surface area contributed by atoms with E-state index in [-0.39, 0.29) is 11.7 Å². The molecular weight excluding hydrogens is 176 g/mol. The van der Waals surface area contributed by atoms with Crippen molar-refractivity contribution in [1.29, 1.82) is 0 Å². The fourth-order valence-corrected chi connectivity index (χ4v) is 1.55. The van der Waals surface area contributed by atoms with E-state index in [9.17, 15) is 9.59 Å². The number of carboxylic acid groups (broad SMARTS) is 1. The second-order valence-corrected chi connectivity index (χ2v) is 3.89. The lowest BCUT2D eigenvalue weighted by Gasteiger charge is -2.03. The summed E-state index contributed by atoms with van der Waals surface area (Å²) in [6, 6.07) is 0. The van der Waals surface area contributed by atoms with Crippen LogP contribution in [0, 0.1) is 5.92 Å². The van der Waals surface area contributed by atoms with E-state index in [1.165, 1.54) is 18.7 Å². The summed E-state index contributed by atoms with van der Waals surface area (Å²) in [4.78, 5) is 20.8. The molecule has 4 heteroatoms. The molecule has 70 valence electrons. The number of ketones is 1. The highest BCUT2D eigenvalue weighted by Gasteiger charge is 2.09. The molecule has 0 saturated heterocycles. The normalized spacial score (nSPS) is 12.5. The number of hydrogen-bond donors (Lipinski definition) is 1. The summed E-state index contributed by atoms with van der Waals surface area (Å²) in [5, 5.41) is 8.51. The van der Waals surface area contributed by atoms with E-state index < -0.39 is 5.97 Å². The third-order valence-electron chi connectivity index (χ3n) is 1.42. The molecule has 0 aliphatic rings. The summed E-state index contributed by atoms with van der Waals surface area (Å²) in [6.07, 6.45) is 0.632. The van der Waals surface area contributed by atoms with Crippen LogP contribution in [-0.2, 0) is 9.59 Å². The van der Waals surface area contributed by atoms with Gasteiger partial charge < -0.3 is 5.11 Å². The molecule has 1 N–H and O–H groups in total. The van der Waals surface area contributed by atoms with Crippen molar-refractivity contribution < 1.29 is 14.7 Å². The van der Waals surface area contributed by atoms with Crippen molar-refractivity contribution in [3.63, 3.8) is 0 Å². The first-order chi connectivity index (χ1) is 5.54. The summed E-state index contributed by atoms with van der Waals surface area (Å²) in [5.41, 5.74) is 0. The molecule has 0 aliphatic heterocycles. The minimum Gasteiger partial charge on any atom is -0.481 e. The Morgan fingerprint density at radius 3 is 2.50 bits per heavy atom. The Morgan fingerprint density at radius 1 is 1.50 bits per heavy atom. The van der Waals surface area contributed by atoms with Crippen LogP contribution in [0.3, 0.4) is 0 Å². The van der Waals surface area contributed by atoms with Gasteiger partial charge in [-0.3, -0.25) is 9.59 Å². The summed E-state index contributed by atoms with van der Waals surface area (Å²) >= 11 is 1.49. The summed E-state index contributed by atoms with van der Waals surface area (Å²) in [5.74, 6) is 0.310. The monoisotopic (exact) mass is 190 g/mol. The first-order valence-electron chi connectivity index (χ1n) is 3.84. The van der Waals surface area contributed by atoms with E-state index in [4.69, 9.17) is 5.11 Å². The maximum Gasteiger partial charge on any atom is 0.306 e. The number of carboxylic acids is 1. The van der Waals surface area contributed by atoms with Crippen molar-refractivity contribution in [2.24, 2.45) is 5.92 Å². The van der Waals surface area contributed by atoms with E-state index in [1.807, 2.05) is 0 Å². The summed E-state index contributed by atoms with van der Waals surface area (Å²) in [7, 11) is 0. The number of hydrogen-bond acceptors (Lipinski definition) is 3. The molecule has 1 atom stereocenters. The first-order valence-corrected chi connectivity index (χ1v) is 4.99. The molecule has 0 heterocycles. The molecule has 0 fully saturated rings. The molecular formula is C8H14O3S. The number of carbonyl (C=O) groups excluding carboxylic acids is 1. The van der Waals surface area contributed by atoms with Crippen LogP contribution < -0.4 is 0 Å². The van der Waals surface area contributed by atoms with Gasteiger partial charge in [-0.1, -0.05) is 6.92 Å². The third-order valence-corrected chi connectivity index (χ3v) is 2.56. The number of carbonyl (C=O) groups is 2. The third kappa shape index (κ3) is 6.22. The van der Waals surface area contributed by atoms with Crippen LogP contribution in [0.25, 0.3) is 0 Å². The van der Waals surface area contributed by atoms with Crippen LogP contribution in [-0.4, -0.2) is 28.4 Å². The van der Waals surface area contributed by atoms with E-state index in [1.54, 1.807) is 6.92 Å². The molecule has 0 radical (unpaired) electrons. The van der Waals surface area contributed by atoms with Crippen LogP contribution in [0.2, 0.25) is 0 Å². The van der Waals surface area contributed by atoms with Crippen molar-refractivity contribution >= 4 is 23.5 Å². The molecule has 0 saturated carbocycles. The largest absolute Gasteiger partial charge is 0.481 e. The van der Waals surface area contributed by atoms with Crippen LogP contribution >= 0.6 is 11.8 Å². The molecule has 0 rings (SSSR count). The Labute approximate surface area is 76.5 Å². The van der Waals surface area contributed by atoms with E-state index in [2.05, 4.69) is 0 Å². The second-order valence-electron chi connectivity index (χ2n) is 2.78. The molecule has 0 aromatic heterocycles. The molecule has 0 aliphatic carbocycles. The van der Waals surface area contributed by atoms with Gasteiger partial charge in [0.05, 0.1) is 11.7 Å². The number of rotatable bonds is 6. The Morgan fingerprint density at radius 2 is 2.08 bits per heavy atom. The molecule has 3 nitrogen and oxygen atoms in total. The Bertz CT molecular complexity index is 168. The molecule has 0 amide bonds. The minimum absolute atomic E-state index is 0.142. The molecule has 0 spiro atoms. The number of thioether (sulfide) groups is 1. The van der Waals surface area contributed by atoms with Gasteiger partial charge in [0.25, 0.3) is 0 Å². The van der Waals surface area contributed by atoms with E-state index in [0.29, 0.717) is 12.2 Å². The van der Waals surface area contributed by atoms with Crippen molar-refractivity contribution in [1.82, 2.24) is 0 Å². The first kappa shape index (κ1) is 11.5.